The van der Waals surface area contributed by atoms with E-state index >= 15 is 0 Å². The number of hydrogen-bond donors (Lipinski definition) is 2. The lowest BCUT2D eigenvalue weighted by Gasteiger charge is -2.19. The van der Waals surface area contributed by atoms with Gasteiger partial charge in [-0.15, -0.1) is 21.6 Å². The molecule has 1 atom stereocenters. The number of aromatic amines is 1. The molecular weight excluding hydrogens is 353 g/mol. The first-order chi connectivity index (χ1) is 12.5. The van der Waals surface area contributed by atoms with Crippen LogP contribution in [0.2, 0.25) is 0 Å². The maximum Gasteiger partial charge on any atom is 0.305 e. The maximum atomic E-state index is 13.3. The minimum absolute atomic E-state index is 0.140. The molecule has 1 amide bonds. The van der Waals surface area contributed by atoms with Crippen molar-refractivity contribution in [2.45, 2.75) is 32.6 Å². The Bertz CT molecular complexity index is 1020. The summed E-state index contributed by atoms with van der Waals surface area (Å²) in [5.74, 6) is -0.398. The van der Waals surface area contributed by atoms with Gasteiger partial charge in [-0.3, -0.25) is 4.79 Å². The van der Waals surface area contributed by atoms with E-state index in [1.165, 1.54) is 46.4 Å². The number of carbonyl (C=O) groups is 1. The van der Waals surface area contributed by atoms with Crippen molar-refractivity contribution in [1.29, 1.82) is 0 Å². The summed E-state index contributed by atoms with van der Waals surface area (Å²) in [7, 11) is 0. The number of thiophene rings is 1. The highest BCUT2D eigenvalue weighted by Gasteiger charge is 2.22. The summed E-state index contributed by atoms with van der Waals surface area (Å²) in [5.41, 5.74) is 1.79. The fraction of sp³-hybridized carbons (Fsp3) is 0.316. The van der Waals surface area contributed by atoms with Gasteiger partial charge in [-0.05, 0) is 55.0 Å². The molecule has 2 heterocycles. The summed E-state index contributed by atoms with van der Waals surface area (Å²) in [6.45, 7) is 2.20. The van der Waals surface area contributed by atoms with E-state index in [1.807, 2.05) is 6.07 Å². The summed E-state index contributed by atoms with van der Waals surface area (Å²) in [5, 5.41) is 18.2. The lowest BCUT2D eigenvalue weighted by atomic mass is 9.87. The van der Waals surface area contributed by atoms with E-state index in [1.54, 1.807) is 0 Å². The van der Waals surface area contributed by atoms with Gasteiger partial charge in [-0.25, -0.2) is 4.39 Å². The van der Waals surface area contributed by atoms with Gasteiger partial charge in [0.2, 0.25) is 5.88 Å². The number of hydrogen-bond acceptors (Lipinski definition) is 4. The molecular formula is C19H18FN3O2S. The Labute approximate surface area is 153 Å². The molecule has 5 nitrogen and oxygen atoms in total. The van der Waals surface area contributed by atoms with Crippen LogP contribution in [0, 0.1) is 11.7 Å². The monoisotopic (exact) mass is 371 g/mol. The van der Waals surface area contributed by atoms with Crippen LogP contribution in [-0.4, -0.2) is 16.0 Å². The van der Waals surface area contributed by atoms with Gasteiger partial charge >= 0.3 is 5.91 Å². The largest absolute Gasteiger partial charge is 0.493 e. The van der Waals surface area contributed by atoms with Gasteiger partial charge in [0.05, 0.1) is 10.4 Å². The van der Waals surface area contributed by atoms with Gasteiger partial charge in [-0.1, -0.05) is 13.3 Å². The van der Waals surface area contributed by atoms with Crippen LogP contribution in [-0.2, 0) is 12.8 Å². The second-order valence-electron chi connectivity index (χ2n) is 6.59. The summed E-state index contributed by atoms with van der Waals surface area (Å²) in [6.07, 6.45) is 4.34. The molecule has 134 valence electrons. The second kappa shape index (κ2) is 6.64. The fourth-order valence-electron chi connectivity index (χ4n) is 3.44. The first kappa shape index (κ1) is 16.9. The normalized spacial score (nSPS) is 17.1. The zero-order valence-electron chi connectivity index (χ0n) is 14.3. The number of aromatic nitrogens is 1. The number of aromatic hydroxyl groups is 1. The molecule has 7 heteroatoms. The number of amides is 1. The van der Waals surface area contributed by atoms with Crippen molar-refractivity contribution in [2.75, 3.05) is 0 Å². The van der Waals surface area contributed by atoms with Gasteiger partial charge in [0.25, 0.3) is 0 Å². The third kappa shape index (κ3) is 3.03. The Kier molecular flexibility index (Phi) is 4.32. The maximum absolute atomic E-state index is 13.3. The van der Waals surface area contributed by atoms with Crippen LogP contribution >= 0.6 is 11.3 Å². The Hall–Kier alpha value is -2.54. The molecule has 0 saturated carbocycles. The summed E-state index contributed by atoms with van der Waals surface area (Å²) in [4.78, 5) is 16.9. The Balaban J connectivity index is 1.59. The van der Waals surface area contributed by atoms with Crippen LogP contribution < -0.4 is 0 Å². The molecule has 26 heavy (non-hydrogen) atoms. The Morgan fingerprint density at radius 1 is 1.42 bits per heavy atom. The number of nitrogens with zero attached hydrogens (tertiary/aromatic N) is 2. The summed E-state index contributed by atoms with van der Waals surface area (Å²) >= 11 is 1.48. The van der Waals surface area contributed by atoms with E-state index in [0.717, 1.165) is 19.3 Å². The molecule has 0 unspecified atom stereocenters. The molecule has 1 aromatic carbocycles. The van der Waals surface area contributed by atoms with Gasteiger partial charge < -0.3 is 10.1 Å². The average molecular weight is 371 g/mol. The van der Waals surface area contributed by atoms with Crippen LogP contribution in [0.1, 0.15) is 39.9 Å². The number of aryl methyl sites for hydroxylation is 1. The van der Waals surface area contributed by atoms with Crippen LogP contribution in [0.3, 0.4) is 0 Å². The second-order valence-corrected chi connectivity index (χ2v) is 7.73. The molecule has 0 radical (unpaired) electrons. The number of nitrogens with one attached hydrogen (secondary N) is 1. The minimum Gasteiger partial charge on any atom is -0.493 e. The number of H-pyrrole nitrogens is 1. The minimum atomic E-state index is -0.423. The van der Waals surface area contributed by atoms with Crippen molar-refractivity contribution in [3.05, 3.63) is 45.4 Å². The molecule has 1 aliphatic rings. The van der Waals surface area contributed by atoms with Crippen molar-refractivity contribution in [2.24, 2.45) is 16.1 Å². The van der Waals surface area contributed by atoms with Gasteiger partial charge in [-0.2, -0.15) is 0 Å². The standard InChI is InChI=1S/C19H18FN3O2S/c1-2-10-3-6-15-11(7-10)8-16(26-15)18(24)23-22-17-13-5-4-12(20)9-14(13)21-19(17)25/h4-5,8-10,21,25H,2-3,6-7H2,1H3/t10-/m0/s1. The number of azo groups is 1. The molecule has 2 aromatic heterocycles. The van der Waals surface area contributed by atoms with E-state index < -0.39 is 11.7 Å². The third-order valence-electron chi connectivity index (χ3n) is 4.93. The molecule has 1 aliphatic carbocycles. The summed E-state index contributed by atoms with van der Waals surface area (Å²) < 4.78 is 13.3. The Morgan fingerprint density at radius 3 is 3.08 bits per heavy atom. The molecule has 0 spiro atoms. The highest BCUT2D eigenvalue weighted by Crippen LogP contribution is 2.37. The van der Waals surface area contributed by atoms with E-state index in [4.69, 9.17) is 0 Å². The average Bonchev–Trinajstić information content (AvgIpc) is 3.18. The van der Waals surface area contributed by atoms with Crippen molar-refractivity contribution >= 4 is 33.8 Å². The van der Waals surface area contributed by atoms with E-state index in [9.17, 15) is 14.3 Å². The van der Waals surface area contributed by atoms with Crippen molar-refractivity contribution in [1.82, 2.24) is 4.98 Å². The molecule has 0 aliphatic heterocycles. The molecule has 0 saturated heterocycles. The molecule has 3 aromatic rings. The topological polar surface area (TPSA) is 77.8 Å². The predicted octanol–water partition coefficient (Wildman–Crippen LogP) is 5.51. The number of rotatable bonds is 3. The number of halogens is 1. The van der Waals surface area contributed by atoms with Crippen molar-refractivity contribution < 1.29 is 14.3 Å². The van der Waals surface area contributed by atoms with Crippen molar-refractivity contribution in [3.8, 4) is 5.88 Å². The number of carbonyl (C=O) groups excluding carboxylic acids is 1. The predicted molar refractivity (Wildman–Crippen MR) is 98.9 cm³/mol. The van der Waals surface area contributed by atoms with Crippen LogP contribution in [0.5, 0.6) is 5.88 Å². The SMILES string of the molecule is CC[C@H]1CCc2sc(C(=O)N=Nc3c(O)[nH]c4cc(F)ccc34)cc2C1. The first-order valence-electron chi connectivity index (χ1n) is 8.63. The van der Waals surface area contributed by atoms with Crippen LogP contribution in [0.4, 0.5) is 10.1 Å². The Morgan fingerprint density at radius 2 is 2.27 bits per heavy atom. The molecule has 0 bridgehead atoms. The van der Waals surface area contributed by atoms with Crippen LogP contribution in [0.15, 0.2) is 34.5 Å². The first-order valence-corrected chi connectivity index (χ1v) is 9.44. The number of fused-ring (bicyclic) bond motifs is 2. The molecule has 2 N–H and O–H groups in total. The van der Waals surface area contributed by atoms with E-state index in [-0.39, 0.29) is 11.6 Å². The van der Waals surface area contributed by atoms with Gasteiger partial charge in [0, 0.05) is 10.3 Å². The van der Waals surface area contributed by atoms with Gasteiger partial charge in [0.1, 0.15) is 5.82 Å². The fourth-order valence-corrected chi connectivity index (χ4v) is 4.53. The summed E-state index contributed by atoms with van der Waals surface area (Å²) in [6, 6.07) is 5.95. The smallest absolute Gasteiger partial charge is 0.305 e. The highest BCUT2D eigenvalue weighted by molar-refractivity contribution is 7.14. The molecule has 0 fully saturated rings. The quantitative estimate of drug-likeness (QED) is 0.595. The lowest BCUT2D eigenvalue weighted by Crippen LogP contribution is -2.10. The van der Waals surface area contributed by atoms with E-state index in [0.29, 0.717) is 21.7 Å². The molecule has 4 rings (SSSR count). The number of benzene rings is 1. The highest BCUT2D eigenvalue weighted by atomic mass is 32.1. The van der Waals surface area contributed by atoms with Crippen LogP contribution in [0.25, 0.3) is 10.9 Å². The zero-order valence-corrected chi connectivity index (χ0v) is 15.1. The third-order valence-corrected chi connectivity index (χ3v) is 6.15. The lowest BCUT2D eigenvalue weighted by molar-refractivity contribution is 0.0999. The van der Waals surface area contributed by atoms with Crippen molar-refractivity contribution in [3.63, 3.8) is 0 Å². The van der Waals surface area contributed by atoms with E-state index in [2.05, 4.69) is 22.1 Å². The zero-order chi connectivity index (χ0) is 18.3. The van der Waals surface area contributed by atoms with Gasteiger partial charge in [0.15, 0.2) is 5.69 Å².